The molecule has 120 valence electrons. The molecule has 0 aliphatic carbocycles. The van der Waals surface area contributed by atoms with Crippen LogP contribution in [0.1, 0.15) is 23.2 Å². The predicted octanol–water partition coefficient (Wildman–Crippen LogP) is 2.18. The second kappa shape index (κ2) is 5.87. The predicted molar refractivity (Wildman–Crippen MR) is 88.5 cm³/mol. The molecule has 0 atom stereocenters. The first kappa shape index (κ1) is 15.3. The molecule has 3 rings (SSSR count). The van der Waals surface area contributed by atoms with E-state index in [0.717, 1.165) is 22.5 Å². The van der Waals surface area contributed by atoms with Crippen molar-refractivity contribution < 1.29 is 9.59 Å². The molecule has 6 nitrogen and oxygen atoms in total. The third-order valence-corrected chi connectivity index (χ3v) is 3.80. The van der Waals surface area contributed by atoms with Crippen molar-refractivity contribution in [3.63, 3.8) is 0 Å². The van der Waals surface area contributed by atoms with Crippen molar-refractivity contribution in [1.29, 1.82) is 0 Å². The number of aromatic nitrogens is 2. The molecule has 1 N–H and O–H groups in total. The van der Waals surface area contributed by atoms with Crippen LogP contribution in [0.25, 0.3) is 0 Å². The molecule has 0 unspecified atom stereocenters. The Morgan fingerprint density at radius 1 is 1.17 bits per heavy atom. The van der Waals surface area contributed by atoms with Gasteiger partial charge >= 0.3 is 0 Å². The molecule has 6 heteroatoms. The molecule has 1 aromatic heterocycles. The van der Waals surface area contributed by atoms with Crippen LogP contribution in [-0.4, -0.2) is 28.1 Å². The van der Waals surface area contributed by atoms with Gasteiger partial charge in [0.15, 0.2) is 0 Å². The summed E-state index contributed by atoms with van der Waals surface area (Å²) in [7, 11) is 0. The van der Waals surface area contributed by atoms with Gasteiger partial charge in [-0.2, -0.15) is 5.10 Å². The van der Waals surface area contributed by atoms with Gasteiger partial charge < -0.3 is 5.32 Å². The summed E-state index contributed by atoms with van der Waals surface area (Å²) in [5, 5.41) is 7.21. The van der Waals surface area contributed by atoms with E-state index in [1.54, 1.807) is 4.68 Å². The van der Waals surface area contributed by atoms with Crippen molar-refractivity contribution in [1.82, 2.24) is 9.78 Å². The van der Waals surface area contributed by atoms with E-state index in [-0.39, 0.29) is 18.4 Å². The minimum atomic E-state index is -0.212. The number of carbonyl (C=O) groups is 2. The van der Waals surface area contributed by atoms with E-state index in [1.807, 2.05) is 45.0 Å². The Hall–Kier alpha value is -2.63. The average Bonchev–Trinajstić information content (AvgIpc) is 2.82. The Morgan fingerprint density at radius 2 is 1.87 bits per heavy atom. The fourth-order valence-corrected chi connectivity index (χ4v) is 2.94. The van der Waals surface area contributed by atoms with E-state index in [4.69, 9.17) is 0 Å². The Morgan fingerprint density at radius 3 is 2.57 bits per heavy atom. The van der Waals surface area contributed by atoms with Crippen LogP contribution in [0.5, 0.6) is 0 Å². The molecule has 0 spiro atoms. The standard InChI is InChI=1S/C17H20N4O2/c1-11-6-12(2)8-14(7-11)18-15(22)10-20-16-9-13(3)19-21(16)5-4-17(20)23/h6-9H,4-5,10H2,1-3H3,(H,18,22). The fourth-order valence-electron chi connectivity index (χ4n) is 2.94. The summed E-state index contributed by atoms with van der Waals surface area (Å²) < 4.78 is 1.78. The summed E-state index contributed by atoms with van der Waals surface area (Å²) >= 11 is 0. The zero-order valence-electron chi connectivity index (χ0n) is 13.6. The third kappa shape index (κ3) is 3.26. The minimum absolute atomic E-state index is 0.00302. The van der Waals surface area contributed by atoms with Gasteiger partial charge in [-0.25, -0.2) is 4.68 Å². The normalized spacial score (nSPS) is 13.9. The van der Waals surface area contributed by atoms with Crippen molar-refractivity contribution in [2.45, 2.75) is 33.7 Å². The van der Waals surface area contributed by atoms with Gasteiger partial charge in [0.05, 0.1) is 12.2 Å². The molecule has 0 saturated heterocycles. The van der Waals surface area contributed by atoms with Gasteiger partial charge in [-0.1, -0.05) is 6.07 Å². The molecule has 0 bridgehead atoms. The number of fused-ring (bicyclic) bond motifs is 1. The first-order valence-electron chi connectivity index (χ1n) is 7.65. The summed E-state index contributed by atoms with van der Waals surface area (Å²) in [5.74, 6) is 0.429. The van der Waals surface area contributed by atoms with Gasteiger partial charge in [0, 0.05) is 18.2 Å². The number of hydrogen-bond acceptors (Lipinski definition) is 3. The molecule has 0 radical (unpaired) electrons. The quantitative estimate of drug-likeness (QED) is 0.944. The van der Waals surface area contributed by atoms with Crippen molar-refractivity contribution in [3.8, 4) is 0 Å². The maximum absolute atomic E-state index is 12.3. The zero-order valence-corrected chi connectivity index (χ0v) is 13.6. The van der Waals surface area contributed by atoms with Crippen LogP contribution in [-0.2, 0) is 16.1 Å². The van der Waals surface area contributed by atoms with Crippen molar-refractivity contribution in [2.75, 3.05) is 16.8 Å². The highest BCUT2D eigenvalue weighted by atomic mass is 16.2. The number of amides is 2. The van der Waals surface area contributed by atoms with Crippen LogP contribution < -0.4 is 10.2 Å². The minimum Gasteiger partial charge on any atom is -0.325 e. The largest absolute Gasteiger partial charge is 0.325 e. The molecule has 2 aromatic rings. The molecular weight excluding hydrogens is 292 g/mol. The van der Waals surface area contributed by atoms with Crippen LogP contribution in [0.3, 0.4) is 0 Å². The highest BCUT2D eigenvalue weighted by Crippen LogP contribution is 2.22. The molecule has 1 aliphatic rings. The van der Waals surface area contributed by atoms with Crippen LogP contribution in [0.4, 0.5) is 11.5 Å². The Kier molecular flexibility index (Phi) is 3.90. The lowest BCUT2D eigenvalue weighted by molar-refractivity contribution is -0.122. The lowest BCUT2D eigenvalue weighted by Gasteiger charge is -2.27. The highest BCUT2D eigenvalue weighted by molar-refractivity contribution is 6.02. The van der Waals surface area contributed by atoms with Crippen LogP contribution in [0, 0.1) is 20.8 Å². The van der Waals surface area contributed by atoms with Crippen LogP contribution in [0.15, 0.2) is 24.3 Å². The first-order valence-corrected chi connectivity index (χ1v) is 7.65. The van der Waals surface area contributed by atoms with Gasteiger partial charge in [0.1, 0.15) is 12.4 Å². The third-order valence-electron chi connectivity index (χ3n) is 3.80. The summed E-state index contributed by atoms with van der Waals surface area (Å²) in [6.07, 6.45) is 0.366. The lowest BCUT2D eigenvalue weighted by atomic mass is 10.1. The van der Waals surface area contributed by atoms with Crippen LogP contribution in [0.2, 0.25) is 0 Å². The summed E-state index contributed by atoms with van der Waals surface area (Å²) in [6, 6.07) is 7.71. The summed E-state index contributed by atoms with van der Waals surface area (Å²) in [6.45, 7) is 6.41. The lowest BCUT2D eigenvalue weighted by Crippen LogP contribution is -2.42. The van der Waals surface area contributed by atoms with E-state index in [1.165, 1.54) is 4.90 Å². The Bertz CT molecular complexity index is 759. The molecule has 1 aromatic carbocycles. The van der Waals surface area contributed by atoms with E-state index < -0.39 is 0 Å². The second-order valence-electron chi connectivity index (χ2n) is 6.02. The molecule has 2 amide bonds. The number of rotatable bonds is 3. The van der Waals surface area contributed by atoms with E-state index in [9.17, 15) is 9.59 Å². The number of carbonyl (C=O) groups excluding carboxylic acids is 2. The number of anilines is 2. The maximum atomic E-state index is 12.3. The van der Waals surface area contributed by atoms with Crippen LogP contribution >= 0.6 is 0 Å². The molecule has 23 heavy (non-hydrogen) atoms. The number of hydrogen-bond donors (Lipinski definition) is 1. The van der Waals surface area contributed by atoms with Crippen molar-refractivity contribution in [3.05, 3.63) is 41.1 Å². The molecule has 2 heterocycles. The Balaban J connectivity index is 1.76. The molecule has 1 aliphatic heterocycles. The van der Waals surface area contributed by atoms with Gasteiger partial charge in [0.2, 0.25) is 11.8 Å². The molecule has 0 saturated carbocycles. The molecular formula is C17H20N4O2. The zero-order chi connectivity index (χ0) is 16.6. The number of nitrogens with zero attached hydrogens (tertiary/aromatic N) is 3. The SMILES string of the molecule is Cc1cc(C)cc(NC(=O)CN2C(=O)CCn3nc(C)cc32)c1. The van der Waals surface area contributed by atoms with E-state index >= 15 is 0 Å². The molecule has 0 fully saturated rings. The summed E-state index contributed by atoms with van der Waals surface area (Å²) in [4.78, 5) is 26.0. The Labute approximate surface area is 135 Å². The van der Waals surface area contributed by atoms with Crippen molar-refractivity contribution >= 4 is 23.3 Å². The van der Waals surface area contributed by atoms with Gasteiger partial charge in [-0.15, -0.1) is 0 Å². The smallest absolute Gasteiger partial charge is 0.244 e. The second-order valence-corrected chi connectivity index (χ2v) is 6.02. The first-order chi connectivity index (χ1) is 10.9. The topological polar surface area (TPSA) is 67.2 Å². The average molecular weight is 312 g/mol. The number of nitrogens with one attached hydrogen (secondary N) is 1. The van der Waals surface area contributed by atoms with E-state index in [2.05, 4.69) is 10.4 Å². The fraction of sp³-hybridized carbons (Fsp3) is 0.353. The van der Waals surface area contributed by atoms with Gasteiger partial charge in [-0.05, 0) is 44.0 Å². The number of benzene rings is 1. The van der Waals surface area contributed by atoms with Gasteiger partial charge in [0.25, 0.3) is 0 Å². The van der Waals surface area contributed by atoms with Gasteiger partial charge in [-0.3, -0.25) is 14.5 Å². The van der Waals surface area contributed by atoms with E-state index in [0.29, 0.717) is 18.8 Å². The van der Waals surface area contributed by atoms with Crippen molar-refractivity contribution in [2.24, 2.45) is 0 Å². The highest BCUT2D eigenvalue weighted by Gasteiger charge is 2.27. The maximum Gasteiger partial charge on any atom is 0.244 e. The number of aryl methyl sites for hydroxylation is 4. The summed E-state index contributed by atoms with van der Waals surface area (Å²) in [5.41, 5.74) is 3.77. The monoisotopic (exact) mass is 312 g/mol.